The maximum Gasteiger partial charge on any atom is 0.191 e. The first kappa shape index (κ1) is 18.6. The SMILES string of the molecule is CN=C(NCCCN(C)c1cccc(F)c1)NCc1nnc2ccccn12. The number of rotatable bonds is 7. The molecule has 0 bridgehead atoms. The van der Waals surface area contributed by atoms with Gasteiger partial charge in [0.2, 0.25) is 0 Å². The summed E-state index contributed by atoms with van der Waals surface area (Å²) in [6.07, 6.45) is 2.83. The lowest BCUT2D eigenvalue weighted by Crippen LogP contribution is -2.38. The Labute approximate surface area is 157 Å². The van der Waals surface area contributed by atoms with E-state index in [2.05, 4.69) is 25.8 Å². The van der Waals surface area contributed by atoms with E-state index in [9.17, 15) is 4.39 Å². The van der Waals surface area contributed by atoms with Crippen LogP contribution in [0, 0.1) is 5.82 Å². The minimum Gasteiger partial charge on any atom is -0.374 e. The smallest absolute Gasteiger partial charge is 0.191 e. The highest BCUT2D eigenvalue weighted by Gasteiger charge is 2.06. The molecule has 0 aliphatic heterocycles. The van der Waals surface area contributed by atoms with Crippen molar-refractivity contribution in [2.75, 3.05) is 32.1 Å². The zero-order valence-corrected chi connectivity index (χ0v) is 15.6. The highest BCUT2D eigenvalue weighted by Crippen LogP contribution is 2.13. The van der Waals surface area contributed by atoms with Gasteiger partial charge in [-0.15, -0.1) is 10.2 Å². The molecule has 3 aromatic rings. The Kier molecular flexibility index (Phi) is 6.19. The first-order chi connectivity index (χ1) is 13.2. The molecule has 7 nitrogen and oxygen atoms in total. The Morgan fingerprint density at radius 3 is 2.89 bits per heavy atom. The van der Waals surface area contributed by atoms with Crippen LogP contribution in [0.15, 0.2) is 53.7 Å². The molecule has 0 atom stereocenters. The number of hydrogen-bond acceptors (Lipinski definition) is 4. The minimum atomic E-state index is -0.219. The first-order valence-corrected chi connectivity index (χ1v) is 8.87. The number of aliphatic imine (C=N–C) groups is 1. The fraction of sp³-hybridized carbons (Fsp3) is 0.316. The number of benzene rings is 1. The molecule has 0 radical (unpaired) electrons. The minimum absolute atomic E-state index is 0.219. The number of hydrogen-bond donors (Lipinski definition) is 2. The van der Waals surface area contributed by atoms with Crippen molar-refractivity contribution in [2.45, 2.75) is 13.0 Å². The topological polar surface area (TPSA) is 69.8 Å². The third-order valence-electron chi connectivity index (χ3n) is 4.23. The second-order valence-electron chi connectivity index (χ2n) is 6.15. The lowest BCUT2D eigenvalue weighted by Gasteiger charge is -2.19. The molecule has 0 spiro atoms. The molecule has 27 heavy (non-hydrogen) atoms. The van der Waals surface area contributed by atoms with Crippen molar-refractivity contribution in [2.24, 2.45) is 4.99 Å². The van der Waals surface area contributed by atoms with Gasteiger partial charge in [0.15, 0.2) is 17.4 Å². The van der Waals surface area contributed by atoms with Gasteiger partial charge in [0, 0.05) is 39.1 Å². The van der Waals surface area contributed by atoms with E-state index in [1.165, 1.54) is 12.1 Å². The fourth-order valence-corrected chi connectivity index (χ4v) is 2.76. The van der Waals surface area contributed by atoms with Gasteiger partial charge >= 0.3 is 0 Å². The van der Waals surface area contributed by atoms with Gasteiger partial charge in [-0.25, -0.2) is 4.39 Å². The quantitative estimate of drug-likeness (QED) is 0.379. The van der Waals surface area contributed by atoms with Crippen molar-refractivity contribution < 1.29 is 4.39 Å². The van der Waals surface area contributed by atoms with Gasteiger partial charge in [-0.05, 0) is 36.8 Å². The van der Waals surface area contributed by atoms with E-state index in [1.807, 2.05) is 46.8 Å². The molecule has 3 rings (SSSR count). The molecule has 2 aromatic heterocycles. The summed E-state index contributed by atoms with van der Waals surface area (Å²) in [5.74, 6) is 1.30. The zero-order chi connectivity index (χ0) is 19.1. The van der Waals surface area contributed by atoms with Crippen LogP contribution in [-0.2, 0) is 6.54 Å². The lowest BCUT2D eigenvalue weighted by atomic mass is 10.2. The molecule has 0 fully saturated rings. The van der Waals surface area contributed by atoms with Crippen LogP contribution in [0.1, 0.15) is 12.2 Å². The summed E-state index contributed by atoms with van der Waals surface area (Å²) >= 11 is 0. The van der Waals surface area contributed by atoms with Gasteiger partial charge in [0.05, 0.1) is 6.54 Å². The second kappa shape index (κ2) is 8.98. The predicted molar refractivity (Wildman–Crippen MR) is 105 cm³/mol. The molecule has 0 aliphatic rings. The van der Waals surface area contributed by atoms with E-state index < -0.39 is 0 Å². The Balaban J connectivity index is 1.43. The maximum absolute atomic E-state index is 13.3. The van der Waals surface area contributed by atoms with Gasteiger partial charge < -0.3 is 15.5 Å². The highest BCUT2D eigenvalue weighted by atomic mass is 19.1. The molecule has 142 valence electrons. The first-order valence-electron chi connectivity index (χ1n) is 8.87. The van der Waals surface area contributed by atoms with Crippen molar-refractivity contribution in [3.05, 3.63) is 60.3 Å². The van der Waals surface area contributed by atoms with Crippen LogP contribution in [0.25, 0.3) is 5.65 Å². The average Bonchev–Trinajstić information content (AvgIpc) is 3.10. The molecule has 0 aliphatic carbocycles. The summed E-state index contributed by atoms with van der Waals surface area (Å²) in [7, 11) is 3.69. The third kappa shape index (κ3) is 4.93. The van der Waals surface area contributed by atoms with E-state index >= 15 is 0 Å². The molecular weight excluding hydrogens is 345 g/mol. The van der Waals surface area contributed by atoms with Crippen LogP contribution in [-0.4, -0.2) is 47.7 Å². The van der Waals surface area contributed by atoms with Gasteiger partial charge in [0.25, 0.3) is 0 Å². The van der Waals surface area contributed by atoms with E-state index in [-0.39, 0.29) is 5.82 Å². The predicted octanol–water partition coefficient (Wildman–Crippen LogP) is 2.06. The fourth-order valence-electron chi connectivity index (χ4n) is 2.76. The largest absolute Gasteiger partial charge is 0.374 e. The van der Waals surface area contributed by atoms with Crippen molar-refractivity contribution >= 4 is 17.3 Å². The molecular formula is C19H24FN7. The van der Waals surface area contributed by atoms with Crippen LogP contribution in [0.4, 0.5) is 10.1 Å². The number of nitrogens with one attached hydrogen (secondary N) is 2. The Morgan fingerprint density at radius 1 is 1.19 bits per heavy atom. The zero-order valence-electron chi connectivity index (χ0n) is 15.6. The monoisotopic (exact) mass is 369 g/mol. The summed E-state index contributed by atoms with van der Waals surface area (Å²) in [6.45, 7) is 2.08. The van der Waals surface area contributed by atoms with Crippen molar-refractivity contribution in [1.82, 2.24) is 25.2 Å². The summed E-state index contributed by atoms with van der Waals surface area (Å²) in [5.41, 5.74) is 1.69. The lowest BCUT2D eigenvalue weighted by molar-refractivity contribution is 0.626. The molecule has 0 amide bonds. The van der Waals surface area contributed by atoms with Crippen molar-refractivity contribution in [3.8, 4) is 0 Å². The van der Waals surface area contributed by atoms with Gasteiger partial charge in [-0.1, -0.05) is 12.1 Å². The summed E-state index contributed by atoms with van der Waals surface area (Å²) in [6, 6.07) is 12.4. The molecule has 1 aromatic carbocycles. The average molecular weight is 369 g/mol. The molecule has 0 unspecified atom stereocenters. The van der Waals surface area contributed by atoms with E-state index in [0.717, 1.165) is 36.7 Å². The number of pyridine rings is 1. The van der Waals surface area contributed by atoms with Gasteiger partial charge in [-0.3, -0.25) is 9.39 Å². The van der Waals surface area contributed by atoms with Crippen molar-refractivity contribution in [3.63, 3.8) is 0 Å². The number of guanidine groups is 1. The molecule has 2 N–H and O–H groups in total. The van der Waals surface area contributed by atoms with E-state index in [4.69, 9.17) is 0 Å². The van der Waals surface area contributed by atoms with Crippen LogP contribution in [0.5, 0.6) is 0 Å². The summed E-state index contributed by atoms with van der Waals surface area (Å²) < 4.78 is 15.2. The van der Waals surface area contributed by atoms with E-state index in [0.29, 0.717) is 12.5 Å². The molecule has 8 heteroatoms. The Hall–Kier alpha value is -3.16. The molecule has 2 heterocycles. The summed E-state index contributed by atoms with van der Waals surface area (Å²) in [4.78, 5) is 6.26. The number of fused-ring (bicyclic) bond motifs is 1. The molecule has 0 saturated heterocycles. The number of nitrogens with zero attached hydrogens (tertiary/aromatic N) is 5. The van der Waals surface area contributed by atoms with Crippen molar-refractivity contribution in [1.29, 1.82) is 0 Å². The van der Waals surface area contributed by atoms with Gasteiger partial charge in [0.1, 0.15) is 5.82 Å². The number of anilines is 1. The van der Waals surface area contributed by atoms with E-state index in [1.54, 1.807) is 13.1 Å². The number of halogens is 1. The summed E-state index contributed by atoms with van der Waals surface area (Å²) in [5, 5.41) is 14.8. The Bertz CT molecular complexity index is 906. The number of aromatic nitrogens is 3. The third-order valence-corrected chi connectivity index (χ3v) is 4.23. The normalized spacial score (nSPS) is 11.6. The maximum atomic E-state index is 13.3. The standard InChI is InChI=1S/C19H24FN7/c1-21-19(23-14-18-25-24-17-9-3-4-12-27(17)18)22-10-6-11-26(2)16-8-5-7-15(20)13-16/h3-5,7-9,12-13H,6,10-11,14H2,1-2H3,(H2,21,22,23). The van der Waals surface area contributed by atoms with Crippen LogP contribution >= 0.6 is 0 Å². The van der Waals surface area contributed by atoms with Gasteiger partial charge in [-0.2, -0.15) is 0 Å². The highest BCUT2D eigenvalue weighted by molar-refractivity contribution is 5.79. The van der Waals surface area contributed by atoms with Crippen LogP contribution in [0.2, 0.25) is 0 Å². The molecule has 0 saturated carbocycles. The Morgan fingerprint density at radius 2 is 2.07 bits per heavy atom. The van der Waals surface area contributed by atoms with Crippen LogP contribution < -0.4 is 15.5 Å². The second-order valence-corrected chi connectivity index (χ2v) is 6.15. The van der Waals surface area contributed by atoms with Crippen LogP contribution in [0.3, 0.4) is 0 Å².